The average molecular weight is 381 g/mol. The van der Waals surface area contributed by atoms with E-state index in [9.17, 15) is 9.59 Å². The molecular formula is C22H27N3O3. The number of benzene rings is 2. The summed E-state index contributed by atoms with van der Waals surface area (Å²) in [6.07, 6.45) is 1.66. The summed E-state index contributed by atoms with van der Waals surface area (Å²) in [4.78, 5) is 26.5. The van der Waals surface area contributed by atoms with Crippen molar-refractivity contribution in [3.8, 4) is 5.75 Å². The molecule has 6 heteroatoms. The number of anilines is 2. The van der Waals surface area contributed by atoms with E-state index in [4.69, 9.17) is 4.74 Å². The molecule has 0 unspecified atom stereocenters. The van der Waals surface area contributed by atoms with Crippen molar-refractivity contribution in [2.24, 2.45) is 0 Å². The van der Waals surface area contributed by atoms with E-state index in [2.05, 4.69) is 17.2 Å². The number of hydrogen-bond donors (Lipinski definition) is 2. The van der Waals surface area contributed by atoms with Crippen molar-refractivity contribution in [3.05, 3.63) is 66.7 Å². The van der Waals surface area contributed by atoms with Crippen LogP contribution in [0, 0.1) is 0 Å². The second-order valence-electron chi connectivity index (χ2n) is 6.06. The summed E-state index contributed by atoms with van der Waals surface area (Å²) in [5.41, 5.74) is 1.86. The molecule has 0 aromatic heterocycles. The third-order valence-corrected chi connectivity index (χ3v) is 4.13. The van der Waals surface area contributed by atoms with Gasteiger partial charge in [-0.3, -0.25) is 9.59 Å². The van der Waals surface area contributed by atoms with Crippen molar-refractivity contribution < 1.29 is 14.3 Å². The first-order chi connectivity index (χ1) is 13.6. The van der Waals surface area contributed by atoms with Crippen LogP contribution >= 0.6 is 0 Å². The van der Waals surface area contributed by atoms with Crippen molar-refractivity contribution in [1.29, 1.82) is 0 Å². The number of para-hydroxylation sites is 2. The molecule has 0 saturated heterocycles. The van der Waals surface area contributed by atoms with Gasteiger partial charge in [0.2, 0.25) is 5.91 Å². The monoisotopic (exact) mass is 381 g/mol. The number of carbonyl (C=O) groups excluding carboxylic acids is 2. The number of nitrogens with one attached hydrogen (secondary N) is 2. The molecule has 0 spiro atoms. The fourth-order valence-corrected chi connectivity index (χ4v) is 2.69. The highest BCUT2D eigenvalue weighted by molar-refractivity contribution is 5.98. The molecule has 0 atom stereocenters. The van der Waals surface area contributed by atoms with Gasteiger partial charge in [-0.1, -0.05) is 30.9 Å². The Morgan fingerprint density at radius 1 is 1.11 bits per heavy atom. The lowest BCUT2D eigenvalue weighted by Crippen LogP contribution is -2.30. The van der Waals surface area contributed by atoms with Crippen molar-refractivity contribution in [3.63, 3.8) is 0 Å². The van der Waals surface area contributed by atoms with Crippen molar-refractivity contribution >= 4 is 23.2 Å². The molecule has 2 amide bonds. The molecule has 0 aliphatic heterocycles. The molecule has 28 heavy (non-hydrogen) atoms. The maximum atomic E-state index is 12.5. The Labute approximate surface area is 166 Å². The quantitative estimate of drug-likeness (QED) is 0.615. The van der Waals surface area contributed by atoms with E-state index >= 15 is 0 Å². The zero-order valence-electron chi connectivity index (χ0n) is 16.4. The first-order valence-corrected chi connectivity index (χ1v) is 9.34. The fourth-order valence-electron chi connectivity index (χ4n) is 2.69. The number of carbonyl (C=O) groups is 2. The highest BCUT2D eigenvalue weighted by Gasteiger charge is 2.13. The lowest BCUT2D eigenvalue weighted by atomic mass is 10.1. The molecular weight excluding hydrogens is 354 g/mol. The summed E-state index contributed by atoms with van der Waals surface area (Å²) in [5, 5.41) is 5.89. The smallest absolute Gasteiger partial charge is 0.253 e. The highest BCUT2D eigenvalue weighted by Crippen LogP contribution is 2.23. The normalized spacial score (nSPS) is 10.1. The van der Waals surface area contributed by atoms with E-state index in [1.165, 1.54) is 0 Å². The Kier molecular flexibility index (Phi) is 8.09. The predicted molar refractivity (Wildman–Crippen MR) is 113 cm³/mol. The molecule has 0 aliphatic rings. The van der Waals surface area contributed by atoms with Gasteiger partial charge in [-0.25, -0.2) is 0 Å². The van der Waals surface area contributed by atoms with Crippen molar-refractivity contribution in [2.45, 2.75) is 13.8 Å². The van der Waals surface area contributed by atoms with Gasteiger partial charge in [0.15, 0.2) is 0 Å². The van der Waals surface area contributed by atoms with Gasteiger partial charge in [0.05, 0.1) is 12.2 Å². The molecule has 6 nitrogen and oxygen atoms in total. The molecule has 0 saturated carbocycles. The van der Waals surface area contributed by atoms with E-state index in [-0.39, 0.29) is 18.4 Å². The lowest BCUT2D eigenvalue weighted by molar-refractivity contribution is -0.114. The number of rotatable bonds is 10. The van der Waals surface area contributed by atoms with Crippen LogP contribution < -0.4 is 15.4 Å². The number of amides is 2. The molecule has 2 rings (SSSR count). The fraction of sp³-hybridized carbons (Fsp3) is 0.273. The van der Waals surface area contributed by atoms with Crippen molar-refractivity contribution in [2.75, 3.05) is 36.9 Å². The Morgan fingerprint density at radius 3 is 2.57 bits per heavy atom. The molecule has 148 valence electrons. The van der Waals surface area contributed by atoms with Crippen LogP contribution in [-0.2, 0) is 4.79 Å². The van der Waals surface area contributed by atoms with Crippen LogP contribution in [-0.4, -0.2) is 43.0 Å². The van der Waals surface area contributed by atoms with Gasteiger partial charge in [-0.15, -0.1) is 0 Å². The number of nitrogens with zero attached hydrogens (tertiary/aromatic N) is 1. The summed E-state index contributed by atoms with van der Waals surface area (Å²) >= 11 is 0. The second kappa shape index (κ2) is 10.8. The summed E-state index contributed by atoms with van der Waals surface area (Å²) in [5.74, 6) is 0.389. The maximum Gasteiger partial charge on any atom is 0.253 e. The van der Waals surface area contributed by atoms with Gasteiger partial charge in [-0.2, -0.15) is 0 Å². The molecule has 0 heterocycles. The van der Waals surface area contributed by atoms with E-state index < -0.39 is 0 Å². The Hall–Kier alpha value is -3.28. The largest absolute Gasteiger partial charge is 0.487 e. The van der Waals surface area contributed by atoms with Gasteiger partial charge in [-0.05, 0) is 44.2 Å². The summed E-state index contributed by atoms with van der Waals surface area (Å²) in [7, 11) is 0. The zero-order chi connectivity index (χ0) is 20.4. The van der Waals surface area contributed by atoms with Crippen molar-refractivity contribution in [1.82, 2.24) is 4.90 Å². The number of hydrogen-bond acceptors (Lipinski definition) is 4. The van der Waals surface area contributed by atoms with Gasteiger partial charge >= 0.3 is 0 Å². The van der Waals surface area contributed by atoms with E-state index in [0.29, 0.717) is 36.7 Å². The minimum Gasteiger partial charge on any atom is -0.487 e. The molecule has 0 fully saturated rings. The van der Waals surface area contributed by atoms with E-state index in [0.717, 1.165) is 5.69 Å². The summed E-state index contributed by atoms with van der Waals surface area (Å²) in [6, 6.07) is 14.4. The van der Waals surface area contributed by atoms with Crippen LogP contribution in [0.4, 0.5) is 11.4 Å². The highest BCUT2D eigenvalue weighted by atomic mass is 16.5. The standard InChI is InChI=1S/C22H27N3O3/c1-4-14-28-20-13-8-7-12-19(20)23-16-21(26)24-18-11-9-10-17(15-18)22(27)25(5-2)6-3/h4,7-13,15,23H,1,5-6,14,16H2,2-3H3,(H,24,26). The lowest BCUT2D eigenvalue weighted by Gasteiger charge is -2.19. The van der Waals surface area contributed by atoms with Crippen LogP contribution in [0.1, 0.15) is 24.2 Å². The van der Waals surface area contributed by atoms with E-state index in [1.807, 2.05) is 38.1 Å². The molecule has 0 bridgehead atoms. The average Bonchev–Trinajstić information content (AvgIpc) is 2.72. The van der Waals surface area contributed by atoms with Crippen LogP contribution in [0.15, 0.2) is 61.2 Å². The third kappa shape index (κ3) is 5.87. The molecule has 2 aromatic carbocycles. The minimum atomic E-state index is -0.217. The van der Waals surface area contributed by atoms with Crippen LogP contribution in [0.25, 0.3) is 0 Å². The Balaban J connectivity index is 1.98. The first-order valence-electron chi connectivity index (χ1n) is 9.34. The Morgan fingerprint density at radius 2 is 1.86 bits per heavy atom. The Bertz CT molecular complexity index is 816. The molecule has 2 N–H and O–H groups in total. The van der Waals surface area contributed by atoms with Crippen LogP contribution in [0.3, 0.4) is 0 Å². The zero-order valence-corrected chi connectivity index (χ0v) is 16.4. The van der Waals surface area contributed by atoms with E-state index in [1.54, 1.807) is 35.2 Å². The third-order valence-electron chi connectivity index (χ3n) is 4.13. The molecule has 0 radical (unpaired) electrons. The maximum absolute atomic E-state index is 12.5. The van der Waals surface area contributed by atoms with Crippen LogP contribution in [0.2, 0.25) is 0 Å². The molecule has 0 aliphatic carbocycles. The van der Waals surface area contributed by atoms with Gasteiger partial charge in [0.25, 0.3) is 5.91 Å². The predicted octanol–water partition coefficient (Wildman–Crippen LogP) is 3.78. The summed E-state index contributed by atoms with van der Waals surface area (Å²) < 4.78 is 5.57. The van der Waals surface area contributed by atoms with Gasteiger partial charge in [0.1, 0.15) is 12.4 Å². The topological polar surface area (TPSA) is 70.7 Å². The van der Waals surface area contributed by atoms with Crippen LogP contribution in [0.5, 0.6) is 5.75 Å². The SMILES string of the molecule is C=CCOc1ccccc1NCC(=O)Nc1cccc(C(=O)N(CC)CC)c1. The second-order valence-corrected chi connectivity index (χ2v) is 6.06. The number of ether oxygens (including phenoxy) is 1. The van der Waals surface area contributed by atoms with Gasteiger partial charge in [0, 0.05) is 24.3 Å². The molecule has 2 aromatic rings. The van der Waals surface area contributed by atoms with Gasteiger partial charge < -0.3 is 20.3 Å². The minimum absolute atomic E-state index is 0.0486. The first kappa shape index (κ1) is 21.0. The summed E-state index contributed by atoms with van der Waals surface area (Å²) in [6.45, 7) is 9.25.